The molecule has 1 fully saturated rings. The molecule has 0 amide bonds. The Morgan fingerprint density at radius 3 is 2.11 bits per heavy atom. The van der Waals surface area contributed by atoms with Gasteiger partial charge in [0.2, 0.25) is 12.6 Å². The highest BCUT2D eigenvalue weighted by Crippen LogP contribution is 2.32. The fraction of sp³-hybridized carbons (Fsp3) is 1.00. The van der Waals surface area contributed by atoms with Crippen LogP contribution in [0.3, 0.4) is 0 Å². The van der Waals surface area contributed by atoms with Gasteiger partial charge in [-0.3, -0.25) is 0 Å². The van der Waals surface area contributed by atoms with Crippen molar-refractivity contribution in [3.8, 4) is 0 Å². The summed E-state index contributed by atoms with van der Waals surface area (Å²) in [6.07, 6.45) is -3.38. The zero-order chi connectivity index (χ0) is 13.9. The molecule has 1 unspecified atom stereocenters. The molecule has 4 atom stereocenters. The summed E-state index contributed by atoms with van der Waals surface area (Å²) < 4.78 is 21.2. The lowest BCUT2D eigenvalue weighted by Crippen LogP contribution is -2.44. The van der Waals surface area contributed by atoms with Crippen molar-refractivity contribution in [2.24, 2.45) is 5.41 Å². The van der Waals surface area contributed by atoms with Gasteiger partial charge in [0.1, 0.15) is 12.2 Å². The Hall–Kier alpha value is -0.240. The Labute approximate surface area is 108 Å². The molecule has 1 rings (SSSR count). The minimum absolute atomic E-state index is 0.228. The molecule has 6 heteroatoms. The predicted octanol–water partition coefficient (Wildman–Crippen LogP) is 0.115. The molecule has 0 aromatic rings. The molecule has 2 N–H and O–H groups in total. The number of aliphatic hydroxyl groups is 2. The number of rotatable bonds is 5. The van der Waals surface area contributed by atoms with Crippen LogP contribution in [0.2, 0.25) is 0 Å². The monoisotopic (exact) mass is 264 g/mol. The van der Waals surface area contributed by atoms with E-state index < -0.39 is 30.9 Å². The van der Waals surface area contributed by atoms with E-state index in [1.807, 2.05) is 20.8 Å². The van der Waals surface area contributed by atoms with Gasteiger partial charge >= 0.3 is 0 Å². The lowest BCUT2D eigenvalue weighted by molar-refractivity contribution is -0.243. The van der Waals surface area contributed by atoms with Crippen LogP contribution in [0.25, 0.3) is 0 Å². The van der Waals surface area contributed by atoms with E-state index in [1.54, 1.807) is 0 Å². The summed E-state index contributed by atoms with van der Waals surface area (Å²) >= 11 is 0. The van der Waals surface area contributed by atoms with Gasteiger partial charge in [-0.2, -0.15) is 0 Å². The molecule has 0 radical (unpaired) electrons. The fourth-order valence-corrected chi connectivity index (χ4v) is 1.89. The SMILES string of the molecule is COC(OC)C1O[C@H]([C@@H](O)C(C)(C)C)[C@H](CO)O1. The van der Waals surface area contributed by atoms with Crippen molar-refractivity contribution in [2.45, 2.75) is 51.7 Å². The third kappa shape index (κ3) is 3.40. The number of methoxy groups -OCH3 is 2. The lowest BCUT2D eigenvalue weighted by Gasteiger charge is -2.31. The number of aliphatic hydroxyl groups excluding tert-OH is 2. The summed E-state index contributed by atoms with van der Waals surface area (Å²) in [6, 6.07) is 0. The first-order valence-electron chi connectivity index (χ1n) is 6.00. The Morgan fingerprint density at radius 1 is 1.17 bits per heavy atom. The van der Waals surface area contributed by atoms with Crippen molar-refractivity contribution < 1.29 is 29.2 Å². The minimum atomic E-state index is -0.756. The van der Waals surface area contributed by atoms with Gasteiger partial charge in [0.25, 0.3) is 0 Å². The van der Waals surface area contributed by atoms with Crippen LogP contribution >= 0.6 is 0 Å². The van der Waals surface area contributed by atoms with Gasteiger partial charge in [-0.05, 0) is 5.41 Å². The molecule has 1 aliphatic heterocycles. The van der Waals surface area contributed by atoms with Crippen LogP contribution < -0.4 is 0 Å². The van der Waals surface area contributed by atoms with Gasteiger partial charge in [-0.15, -0.1) is 0 Å². The van der Waals surface area contributed by atoms with E-state index in [1.165, 1.54) is 14.2 Å². The number of ether oxygens (including phenoxy) is 4. The summed E-state index contributed by atoms with van der Waals surface area (Å²) in [6.45, 7) is 5.46. The quantitative estimate of drug-likeness (QED) is 0.687. The fourth-order valence-electron chi connectivity index (χ4n) is 1.89. The molecule has 1 heterocycles. The normalized spacial score (nSPS) is 31.0. The second kappa shape index (κ2) is 6.27. The highest BCUT2D eigenvalue weighted by atomic mass is 16.8. The van der Waals surface area contributed by atoms with E-state index in [2.05, 4.69) is 0 Å². The summed E-state index contributed by atoms with van der Waals surface area (Å²) in [7, 11) is 2.95. The zero-order valence-electron chi connectivity index (χ0n) is 11.6. The van der Waals surface area contributed by atoms with Crippen LogP contribution in [0.1, 0.15) is 20.8 Å². The van der Waals surface area contributed by atoms with Crippen LogP contribution in [0.4, 0.5) is 0 Å². The van der Waals surface area contributed by atoms with Gasteiger partial charge in [0.15, 0.2) is 0 Å². The first-order chi connectivity index (χ1) is 8.35. The highest BCUT2D eigenvalue weighted by molar-refractivity contribution is 4.89. The number of hydrogen-bond donors (Lipinski definition) is 2. The van der Waals surface area contributed by atoms with Crippen LogP contribution in [0, 0.1) is 5.41 Å². The third-order valence-corrected chi connectivity index (χ3v) is 3.03. The van der Waals surface area contributed by atoms with Crippen LogP contribution in [-0.2, 0) is 18.9 Å². The Morgan fingerprint density at radius 2 is 1.72 bits per heavy atom. The number of hydrogen-bond acceptors (Lipinski definition) is 6. The Bertz CT molecular complexity index is 247. The molecule has 108 valence electrons. The average Bonchev–Trinajstić information content (AvgIpc) is 2.72. The highest BCUT2D eigenvalue weighted by Gasteiger charge is 2.46. The first-order valence-corrected chi connectivity index (χ1v) is 6.00. The third-order valence-electron chi connectivity index (χ3n) is 3.03. The van der Waals surface area contributed by atoms with Gasteiger partial charge in [0, 0.05) is 14.2 Å². The first kappa shape index (κ1) is 15.8. The van der Waals surface area contributed by atoms with Gasteiger partial charge in [0.05, 0.1) is 12.7 Å². The topological polar surface area (TPSA) is 77.4 Å². The molecular weight excluding hydrogens is 240 g/mol. The molecule has 1 saturated heterocycles. The van der Waals surface area contributed by atoms with Crippen LogP contribution in [-0.4, -0.2) is 61.9 Å². The van der Waals surface area contributed by atoms with Gasteiger partial charge in [-0.25, -0.2) is 0 Å². The van der Waals surface area contributed by atoms with Crippen LogP contribution in [0.15, 0.2) is 0 Å². The Kier molecular flexibility index (Phi) is 5.51. The van der Waals surface area contributed by atoms with Gasteiger partial charge in [-0.1, -0.05) is 20.8 Å². The summed E-state index contributed by atoms with van der Waals surface area (Å²) in [4.78, 5) is 0. The molecule has 0 aromatic heterocycles. The van der Waals surface area contributed by atoms with Crippen LogP contribution in [0.5, 0.6) is 0 Å². The van der Waals surface area contributed by atoms with Crippen molar-refractivity contribution in [1.82, 2.24) is 0 Å². The smallest absolute Gasteiger partial charge is 0.210 e. The molecule has 0 aromatic carbocycles. The maximum absolute atomic E-state index is 10.2. The molecule has 6 nitrogen and oxygen atoms in total. The molecular formula is C12H24O6. The summed E-state index contributed by atoms with van der Waals surface area (Å²) in [5.74, 6) is 0. The molecule has 0 aliphatic carbocycles. The summed E-state index contributed by atoms with van der Waals surface area (Å²) in [5, 5.41) is 19.5. The van der Waals surface area contributed by atoms with Crippen molar-refractivity contribution in [2.75, 3.05) is 20.8 Å². The molecule has 18 heavy (non-hydrogen) atoms. The zero-order valence-corrected chi connectivity index (χ0v) is 11.6. The van der Waals surface area contributed by atoms with Crippen molar-refractivity contribution >= 4 is 0 Å². The average molecular weight is 264 g/mol. The predicted molar refractivity (Wildman–Crippen MR) is 63.9 cm³/mol. The largest absolute Gasteiger partial charge is 0.394 e. The summed E-state index contributed by atoms with van der Waals surface area (Å²) in [5.41, 5.74) is -0.369. The molecule has 0 saturated carbocycles. The van der Waals surface area contributed by atoms with Crippen molar-refractivity contribution in [1.29, 1.82) is 0 Å². The lowest BCUT2D eigenvalue weighted by atomic mass is 9.84. The minimum Gasteiger partial charge on any atom is -0.394 e. The Balaban J connectivity index is 2.75. The van der Waals surface area contributed by atoms with Gasteiger partial charge < -0.3 is 29.2 Å². The van der Waals surface area contributed by atoms with Crippen molar-refractivity contribution in [3.05, 3.63) is 0 Å². The maximum Gasteiger partial charge on any atom is 0.210 e. The second-order valence-electron chi connectivity index (χ2n) is 5.48. The molecule has 0 spiro atoms. The van der Waals surface area contributed by atoms with E-state index in [-0.39, 0.29) is 12.0 Å². The van der Waals surface area contributed by atoms with E-state index in [9.17, 15) is 10.2 Å². The van der Waals surface area contributed by atoms with E-state index in [0.29, 0.717) is 0 Å². The molecule has 1 aliphatic rings. The van der Waals surface area contributed by atoms with E-state index in [0.717, 1.165) is 0 Å². The van der Waals surface area contributed by atoms with E-state index >= 15 is 0 Å². The standard InChI is InChI=1S/C12H24O6/c1-12(2,3)9(14)8-7(6-13)17-11(18-8)10(15-4)16-5/h7-11,13-14H,6H2,1-5H3/t7-,8-,9+,11?/m0/s1. The maximum atomic E-state index is 10.2. The molecule has 0 bridgehead atoms. The second-order valence-corrected chi connectivity index (χ2v) is 5.48. The van der Waals surface area contributed by atoms with Crippen molar-refractivity contribution in [3.63, 3.8) is 0 Å². The van der Waals surface area contributed by atoms with E-state index in [4.69, 9.17) is 18.9 Å².